The SMILES string of the molecule is CC1(C)C(CNS(=O)(=O)c2cc(CN)ccc2Cl)C1(C)C. The smallest absolute Gasteiger partial charge is 0.242 e. The number of nitrogens with one attached hydrogen (secondary N) is 1. The number of nitrogens with two attached hydrogens (primary N) is 1. The molecule has 2 rings (SSSR count). The van der Waals surface area contributed by atoms with Gasteiger partial charge in [0, 0.05) is 13.1 Å². The molecule has 1 aliphatic carbocycles. The molecule has 0 bridgehead atoms. The number of rotatable bonds is 5. The van der Waals surface area contributed by atoms with E-state index in [1.54, 1.807) is 12.1 Å². The first-order valence-corrected chi connectivity index (χ1v) is 8.88. The zero-order chi connectivity index (χ0) is 16.1. The molecule has 1 saturated carbocycles. The van der Waals surface area contributed by atoms with Crippen molar-refractivity contribution >= 4 is 21.6 Å². The molecule has 0 radical (unpaired) electrons. The van der Waals surface area contributed by atoms with Crippen molar-refractivity contribution in [3.05, 3.63) is 28.8 Å². The van der Waals surface area contributed by atoms with Crippen LogP contribution < -0.4 is 10.5 Å². The Balaban J connectivity index is 2.17. The zero-order valence-corrected chi connectivity index (χ0v) is 14.5. The van der Waals surface area contributed by atoms with Gasteiger partial charge < -0.3 is 5.73 Å². The third kappa shape index (κ3) is 2.84. The Morgan fingerprint density at radius 2 is 1.81 bits per heavy atom. The maximum atomic E-state index is 12.4. The van der Waals surface area contributed by atoms with Crippen LogP contribution >= 0.6 is 11.6 Å². The van der Waals surface area contributed by atoms with Crippen LogP contribution in [0.1, 0.15) is 33.3 Å². The van der Waals surface area contributed by atoms with E-state index in [0.717, 1.165) is 5.56 Å². The molecule has 1 aliphatic rings. The van der Waals surface area contributed by atoms with Crippen LogP contribution in [0.15, 0.2) is 23.1 Å². The molecule has 3 N–H and O–H groups in total. The summed E-state index contributed by atoms with van der Waals surface area (Å²) in [5.74, 6) is 0.316. The van der Waals surface area contributed by atoms with Crippen molar-refractivity contribution in [3.63, 3.8) is 0 Å². The first-order chi connectivity index (χ1) is 9.54. The molecule has 4 nitrogen and oxygen atoms in total. The Morgan fingerprint density at radius 3 is 2.29 bits per heavy atom. The van der Waals surface area contributed by atoms with Gasteiger partial charge in [-0.25, -0.2) is 13.1 Å². The summed E-state index contributed by atoms with van der Waals surface area (Å²) < 4.78 is 27.6. The second kappa shape index (κ2) is 5.23. The minimum absolute atomic E-state index is 0.100. The van der Waals surface area contributed by atoms with Crippen molar-refractivity contribution in [2.45, 2.75) is 39.1 Å². The van der Waals surface area contributed by atoms with Gasteiger partial charge >= 0.3 is 0 Å². The standard InChI is InChI=1S/C15H23ClN2O2S/c1-14(2)13(15(14,3)4)9-18-21(19,20)12-7-10(8-17)5-6-11(12)16/h5-7,13,18H,8-9,17H2,1-4H3. The van der Waals surface area contributed by atoms with Crippen LogP contribution in [0.5, 0.6) is 0 Å². The zero-order valence-electron chi connectivity index (χ0n) is 12.9. The topological polar surface area (TPSA) is 72.2 Å². The van der Waals surface area contributed by atoms with Gasteiger partial charge in [-0.3, -0.25) is 0 Å². The molecule has 0 aliphatic heterocycles. The van der Waals surface area contributed by atoms with Crippen LogP contribution in [0.25, 0.3) is 0 Å². The summed E-state index contributed by atoms with van der Waals surface area (Å²) >= 11 is 6.02. The van der Waals surface area contributed by atoms with Crippen molar-refractivity contribution in [2.75, 3.05) is 6.54 Å². The lowest BCUT2D eigenvalue weighted by Gasteiger charge is -2.10. The maximum Gasteiger partial charge on any atom is 0.242 e. The Hall–Kier alpha value is -0.620. The molecule has 0 atom stereocenters. The highest BCUT2D eigenvalue weighted by Gasteiger charge is 2.64. The minimum atomic E-state index is -3.62. The van der Waals surface area contributed by atoms with E-state index in [-0.39, 0.29) is 27.3 Å². The fraction of sp³-hybridized carbons (Fsp3) is 0.600. The minimum Gasteiger partial charge on any atom is -0.326 e. The molecular weight excluding hydrogens is 308 g/mol. The molecule has 1 fully saturated rings. The molecule has 0 amide bonds. The second-order valence-corrected chi connectivity index (χ2v) is 8.96. The van der Waals surface area contributed by atoms with E-state index in [0.29, 0.717) is 12.5 Å². The molecule has 118 valence electrons. The quantitative estimate of drug-likeness (QED) is 0.872. The highest BCUT2D eigenvalue weighted by atomic mass is 35.5. The number of benzene rings is 1. The summed E-state index contributed by atoms with van der Waals surface area (Å²) in [5.41, 5.74) is 6.57. The number of hydrogen-bond acceptors (Lipinski definition) is 3. The highest BCUT2D eigenvalue weighted by Crippen LogP contribution is 2.67. The fourth-order valence-corrected chi connectivity index (χ4v) is 4.59. The molecule has 0 unspecified atom stereocenters. The predicted octanol–water partition coefficient (Wildman–Crippen LogP) is 2.76. The predicted molar refractivity (Wildman–Crippen MR) is 85.6 cm³/mol. The Morgan fingerprint density at radius 1 is 1.24 bits per heavy atom. The molecule has 1 aromatic rings. The van der Waals surface area contributed by atoms with Gasteiger partial charge in [-0.2, -0.15) is 0 Å². The van der Waals surface area contributed by atoms with E-state index in [1.165, 1.54) is 6.07 Å². The molecule has 6 heteroatoms. The second-order valence-electron chi connectivity index (χ2n) is 6.82. The monoisotopic (exact) mass is 330 g/mol. The summed E-state index contributed by atoms with van der Waals surface area (Å²) in [5, 5.41) is 0.217. The molecule has 21 heavy (non-hydrogen) atoms. The van der Waals surface area contributed by atoms with Crippen molar-refractivity contribution < 1.29 is 8.42 Å². The van der Waals surface area contributed by atoms with Gasteiger partial charge in [-0.05, 0) is 34.4 Å². The van der Waals surface area contributed by atoms with Gasteiger partial charge in [0.1, 0.15) is 4.90 Å². The van der Waals surface area contributed by atoms with Gasteiger partial charge in [-0.15, -0.1) is 0 Å². The first-order valence-electron chi connectivity index (χ1n) is 7.02. The van der Waals surface area contributed by atoms with Crippen molar-refractivity contribution in [3.8, 4) is 0 Å². The maximum absolute atomic E-state index is 12.4. The lowest BCUT2D eigenvalue weighted by atomic mass is 10.0. The van der Waals surface area contributed by atoms with E-state index >= 15 is 0 Å². The summed E-state index contributed by atoms with van der Waals surface area (Å²) in [7, 11) is -3.62. The molecule has 0 saturated heterocycles. The summed E-state index contributed by atoms with van der Waals surface area (Å²) in [4.78, 5) is 0.100. The Labute approximate surface area is 132 Å². The van der Waals surface area contributed by atoms with E-state index in [4.69, 9.17) is 17.3 Å². The highest BCUT2D eigenvalue weighted by molar-refractivity contribution is 7.89. The van der Waals surface area contributed by atoms with E-state index in [9.17, 15) is 8.42 Å². The lowest BCUT2D eigenvalue weighted by Crippen LogP contribution is -2.27. The molecular formula is C15H23ClN2O2S. The van der Waals surface area contributed by atoms with Crippen molar-refractivity contribution in [2.24, 2.45) is 22.5 Å². The van der Waals surface area contributed by atoms with Gasteiger partial charge in [0.05, 0.1) is 5.02 Å². The van der Waals surface area contributed by atoms with Crippen LogP contribution in [0.2, 0.25) is 5.02 Å². The average molecular weight is 331 g/mol. The third-order valence-corrected chi connectivity index (χ3v) is 7.22. The van der Waals surface area contributed by atoms with Gasteiger partial charge in [-0.1, -0.05) is 45.4 Å². The molecule has 0 spiro atoms. The van der Waals surface area contributed by atoms with Gasteiger partial charge in [0.2, 0.25) is 10.0 Å². The van der Waals surface area contributed by atoms with Gasteiger partial charge in [0.15, 0.2) is 0 Å². The van der Waals surface area contributed by atoms with E-state index < -0.39 is 10.0 Å². The lowest BCUT2D eigenvalue weighted by molar-refractivity contribution is 0.457. The normalized spacial score (nSPS) is 20.5. The number of hydrogen-bond donors (Lipinski definition) is 2. The Bertz CT molecular complexity index is 640. The van der Waals surface area contributed by atoms with Gasteiger partial charge in [0.25, 0.3) is 0 Å². The Kier molecular flexibility index (Phi) is 4.17. The average Bonchev–Trinajstić information content (AvgIpc) is 2.77. The molecule has 0 aromatic heterocycles. The van der Waals surface area contributed by atoms with Crippen LogP contribution in [0, 0.1) is 16.7 Å². The first kappa shape index (κ1) is 16.7. The molecule has 0 heterocycles. The summed E-state index contributed by atoms with van der Waals surface area (Å²) in [6, 6.07) is 4.84. The van der Waals surface area contributed by atoms with Crippen LogP contribution in [0.3, 0.4) is 0 Å². The summed E-state index contributed by atoms with van der Waals surface area (Å²) in [6.07, 6.45) is 0. The molecule has 1 aromatic carbocycles. The fourth-order valence-electron chi connectivity index (χ4n) is 2.99. The number of halogens is 1. The number of sulfonamides is 1. The largest absolute Gasteiger partial charge is 0.326 e. The van der Waals surface area contributed by atoms with Crippen LogP contribution in [0.4, 0.5) is 0 Å². The van der Waals surface area contributed by atoms with E-state index in [1.807, 2.05) is 0 Å². The van der Waals surface area contributed by atoms with Crippen LogP contribution in [-0.4, -0.2) is 15.0 Å². The van der Waals surface area contributed by atoms with Crippen molar-refractivity contribution in [1.29, 1.82) is 0 Å². The van der Waals surface area contributed by atoms with Crippen LogP contribution in [-0.2, 0) is 16.6 Å². The van der Waals surface area contributed by atoms with E-state index in [2.05, 4.69) is 32.4 Å². The third-order valence-electron chi connectivity index (χ3n) is 5.32. The summed E-state index contributed by atoms with van der Waals surface area (Å²) in [6.45, 7) is 9.35. The van der Waals surface area contributed by atoms with Crippen molar-refractivity contribution in [1.82, 2.24) is 4.72 Å².